The molecule has 0 aliphatic carbocycles. The predicted molar refractivity (Wildman–Crippen MR) is 110 cm³/mol. The van der Waals surface area contributed by atoms with Gasteiger partial charge in [-0.05, 0) is 61.2 Å². The van der Waals surface area contributed by atoms with E-state index < -0.39 is 0 Å². The van der Waals surface area contributed by atoms with Crippen LogP contribution in [0.15, 0.2) is 58.0 Å². The molecule has 1 radical (unpaired) electrons. The molecule has 129 valence electrons. The van der Waals surface area contributed by atoms with E-state index in [-0.39, 0.29) is 32.7 Å². The number of hydrogen-bond acceptors (Lipinski definition) is 3. The average Bonchev–Trinajstić information content (AvgIpc) is 3.16. The smallest absolute Gasteiger partial charge is 0.261 e. The third kappa shape index (κ3) is 4.31. The van der Waals surface area contributed by atoms with E-state index in [1.807, 2.05) is 23.1 Å². The van der Waals surface area contributed by atoms with E-state index in [1.54, 1.807) is 0 Å². The number of aromatic nitrogens is 1. The number of fused-ring (bicyclic) bond motifs is 2. The van der Waals surface area contributed by atoms with Crippen LogP contribution in [0.4, 0.5) is 5.69 Å². The summed E-state index contributed by atoms with van der Waals surface area (Å²) in [4.78, 5) is 4.84. The van der Waals surface area contributed by atoms with Gasteiger partial charge < -0.3 is 5.32 Å². The summed E-state index contributed by atoms with van der Waals surface area (Å²) in [6.07, 6.45) is 5.54. The van der Waals surface area contributed by atoms with Gasteiger partial charge in [-0.3, -0.25) is 0 Å². The second kappa shape index (κ2) is 8.39. The van der Waals surface area contributed by atoms with Gasteiger partial charge in [0.05, 0.1) is 10.7 Å². The van der Waals surface area contributed by atoms with Gasteiger partial charge in [0.15, 0.2) is 0 Å². The molecule has 3 aromatic rings. The summed E-state index contributed by atoms with van der Waals surface area (Å²) < 4.78 is 1.30. The topological polar surface area (TPSA) is 26.2 Å². The third-order valence-corrected chi connectivity index (χ3v) is 6.30. The first-order chi connectivity index (χ1) is 12.1. The molecule has 0 atom stereocenters. The quantitative estimate of drug-likeness (QED) is 0.511. The maximum absolute atomic E-state index is 3.54. The number of rotatable bonds is 3. The molecule has 0 bridgehead atoms. The van der Waals surface area contributed by atoms with Gasteiger partial charge in [0.2, 0.25) is 5.52 Å². The van der Waals surface area contributed by atoms with Crippen molar-refractivity contribution in [1.82, 2.24) is 0 Å². The standard InChI is InChI=1S/C21H20N2S2.Y/c1-4-15(11-20-22-16-9-13(2)5-7-18(16)24-20)12-21-23-17-10-14(3)6-8-19(17)25-21;/h5-12,22H,4H2,1-3H3;/p+1/b15-12+,20-11-;. The Morgan fingerprint density at radius 1 is 1.12 bits per heavy atom. The molecule has 2 N–H and O–H groups in total. The molecule has 0 fully saturated rings. The number of aryl methyl sites for hydroxylation is 2. The van der Waals surface area contributed by atoms with Crippen LogP contribution in [0.3, 0.4) is 0 Å². The van der Waals surface area contributed by atoms with Crippen molar-refractivity contribution in [2.45, 2.75) is 32.1 Å². The van der Waals surface area contributed by atoms with Crippen LogP contribution in [0.5, 0.6) is 0 Å². The van der Waals surface area contributed by atoms with Gasteiger partial charge in [0.1, 0.15) is 4.70 Å². The van der Waals surface area contributed by atoms with Crippen LogP contribution in [-0.2, 0) is 32.7 Å². The fraction of sp³-hybridized carbons (Fsp3) is 0.190. The molecule has 0 saturated heterocycles. The van der Waals surface area contributed by atoms with E-state index in [2.05, 4.69) is 79.6 Å². The first-order valence-corrected chi connectivity index (χ1v) is 10.1. The minimum absolute atomic E-state index is 0. The van der Waals surface area contributed by atoms with Gasteiger partial charge in [-0.2, -0.15) is 4.98 Å². The Hall–Kier alpha value is -0.936. The van der Waals surface area contributed by atoms with Crippen LogP contribution in [-0.4, -0.2) is 0 Å². The zero-order valence-electron chi connectivity index (χ0n) is 15.2. The summed E-state index contributed by atoms with van der Waals surface area (Å²) in [6.45, 7) is 6.46. The van der Waals surface area contributed by atoms with Crippen molar-refractivity contribution in [3.05, 3.63) is 69.2 Å². The number of aromatic amines is 1. The van der Waals surface area contributed by atoms with E-state index >= 15 is 0 Å². The average molecular weight is 454 g/mol. The molecule has 2 nitrogen and oxygen atoms in total. The minimum atomic E-state index is 0. The van der Waals surface area contributed by atoms with Gasteiger partial charge in [-0.1, -0.05) is 42.2 Å². The van der Waals surface area contributed by atoms with Crippen LogP contribution in [0.2, 0.25) is 0 Å². The molecule has 0 amide bonds. The summed E-state index contributed by atoms with van der Waals surface area (Å²) in [5, 5.41) is 5.94. The fourth-order valence-electron chi connectivity index (χ4n) is 2.93. The zero-order valence-corrected chi connectivity index (χ0v) is 19.7. The number of allylic oxidation sites excluding steroid dienone is 2. The van der Waals surface area contributed by atoms with Crippen LogP contribution >= 0.6 is 23.1 Å². The molecule has 1 aliphatic rings. The second-order valence-corrected chi connectivity index (χ2v) is 8.57. The number of nitrogens with one attached hydrogen (secondary N) is 2. The van der Waals surface area contributed by atoms with Crippen LogP contribution in [0.1, 0.15) is 29.5 Å². The molecule has 1 aliphatic heterocycles. The largest absolute Gasteiger partial charge is 0.349 e. The fourth-order valence-corrected chi connectivity index (χ4v) is 4.86. The predicted octanol–water partition coefficient (Wildman–Crippen LogP) is 6.18. The number of anilines is 1. The molecule has 0 saturated carbocycles. The molecule has 2 aromatic carbocycles. The first-order valence-electron chi connectivity index (χ1n) is 8.51. The first kappa shape index (κ1) is 19.8. The SMILES string of the molecule is CCC(/C=C1/Nc2cc(C)ccc2S1)=C\c1[nH+]c2cc(C)ccc2s1.[Y]. The molecular weight excluding hydrogens is 433 g/mol. The van der Waals surface area contributed by atoms with E-state index in [4.69, 9.17) is 0 Å². The summed E-state index contributed by atoms with van der Waals surface area (Å²) in [6, 6.07) is 13.1. The van der Waals surface area contributed by atoms with Gasteiger partial charge in [-0.15, -0.1) is 0 Å². The summed E-state index contributed by atoms with van der Waals surface area (Å²) in [5.41, 5.74) is 6.33. The van der Waals surface area contributed by atoms with Crippen molar-refractivity contribution in [2.75, 3.05) is 5.32 Å². The van der Waals surface area contributed by atoms with Crippen molar-refractivity contribution in [1.29, 1.82) is 0 Å². The maximum atomic E-state index is 3.54. The van der Waals surface area contributed by atoms with E-state index in [0.717, 1.165) is 6.42 Å². The molecule has 4 rings (SSSR count). The van der Waals surface area contributed by atoms with Gasteiger partial charge in [0.25, 0.3) is 5.01 Å². The van der Waals surface area contributed by atoms with Gasteiger partial charge in [-0.25, -0.2) is 0 Å². The summed E-state index contributed by atoms with van der Waals surface area (Å²) >= 11 is 3.62. The van der Waals surface area contributed by atoms with Crippen molar-refractivity contribution in [3.63, 3.8) is 0 Å². The Kier molecular flexibility index (Phi) is 6.39. The van der Waals surface area contributed by atoms with Crippen LogP contribution in [0.25, 0.3) is 16.3 Å². The van der Waals surface area contributed by atoms with Crippen LogP contribution < -0.4 is 10.3 Å². The van der Waals surface area contributed by atoms with E-state index in [9.17, 15) is 0 Å². The van der Waals surface area contributed by atoms with Crippen molar-refractivity contribution in [3.8, 4) is 0 Å². The molecule has 1 aromatic heterocycles. The van der Waals surface area contributed by atoms with Crippen LogP contribution in [0, 0.1) is 13.8 Å². The van der Waals surface area contributed by atoms with Gasteiger partial charge >= 0.3 is 0 Å². The molecule has 5 heteroatoms. The molecular formula is C21H21N2S2Y+. The molecule has 0 spiro atoms. The monoisotopic (exact) mass is 454 g/mol. The van der Waals surface area contributed by atoms with Crippen molar-refractivity contribution in [2.24, 2.45) is 0 Å². The van der Waals surface area contributed by atoms with Gasteiger partial charge in [0, 0.05) is 49.7 Å². The Morgan fingerprint density at radius 3 is 2.69 bits per heavy atom. The maximum Gasteiger partial charge on any atom is 0.261 e. The third-order valence-electron chi connectivity index (χ3n) is 4.27. The Balaban J connectivity index is 0.00000196. The summed E-state index contributed by atoms with van der Waals surface area (Å²) in [7, 11) is 0. The molecule has 26 heavy (non-hydrogen) atoms. The Labute approximate surface area is 188 Å². The Morgan fingerprint density at radius 2 is 1.88 bits per heavy atom. The van der Waals surface area contributed by atoms with Crippen molar-refractivity contribution < 1.29 is 37.7 Å². The number of thiazole rings is 1. The molecule has 0 unspecified atom stereocenters. The normalized spacial score (nSPS) is 15.0. The minimum Gasteiger partial charge on any atom is -0.349 e. The van der Waals surface area contributed by atoms with E-state index in [0.29, 0.717) is 0 Å². The number of hydrogen-bond donors (Lipinski definition) is 1. The number of benzene rings is 2. The number of thioether (sulfide) groups is 1. The Bertz CT molecular complexity index is 1020. The second-order valence-electron chi connectivity index (χ2n) is 6.40. The molecule has 2 heterocycles. The number of H-pyrrole nitrogens is 1. The zero-order chi connectivity index (χ0) is 17.4. The summed E-state index contributed by atoms with van der Waals surface area (Å²) in [5.74, 6) is 0. The van der Waals surface area contributed by atoms with E-state index in [1.165, 1.54) is 47.5 Å². The van der Waals surface area contributed by atoms with Crippen molar-refractivity contribution >= 4 is 45.1 Å².